The van der Waals surface area contributed by atoms with Crippen LogP contribution in [-0.2, 0) is 14.6 Å². The van der Waals surface area contributed by atoms with Gasteiger partial charge in [0.2, 0.25) is 0 Å². The molecular weight excluding hydrogens is 272 g/mol. The van der Waals surface area contributed by atoms with Gasteiger partial charge < -0.3 is 15.7 Å². The number of carboxylic acids is 1. The van der Waals surface area contributed by atoms with Gasteiger partial charge in [-0.15, -0.1) is 0 Å². The summed E-state index contributed by atoms with van der Waals surface area (Å²) in [5.41, 5.74) is 0.128. The van der Waals surface area contributed by atoms with Gasteiger partial charge in [0.15, 0.2) is 0 Å². The van der Waals surface area contributed by atoms with E-state index in [9.17, 15) is 18.0 Å². The standard InChI is InChI=1S/C11H20N2O5S/c1-11(4-5-11)7-12-10(16)13-8(9(14)15)3-6-19(2,17)18/h8H,3-7H2,1-2H3,(H,14,15)(H2,12,13,16). The van der Waals surface area contributed by atoms with Gasteiger partial charge in [-0.3, -0.25) is 0 Å². The maximum absolute atomic E-state index is 11.5. The summed E-state index contributed by atoms with van der Waals surface area (Å²) < 4.78 is 22.0. The van der Waals surface area contributed by atoms with E-state index in [1.807, 2.05) is 6.92 Å². The Labute approximate surface area is 112 Å². The predicted octanol–water partition coefficient (Wildman–Crippen LogP) is -0.0264. The molecule has 0 bridgehead atoms. The Morgan fingerprint density at radius 2 is 1.95 bits per heavy atom. The third-order valence-electron chi connectivity index (χ3n) is 3.16. The highest BCUT2D eigenvalue weighted by atomic mass is 32.2. The third kappa shape index (κ3) is 6.42. The van der Waals surface area contributed by atoms with Crippen molar-refractivity contribution in [2.24, 2.45) is 5.41 Å². The van der Waals surface area contributed by atoms with Crippen molar-refractivity contribution in [1.29, 1.82) is 0 Å². The quantitative estimate of drug-likeness (QED) is 0.610. The van der Waals surface area contributed by atoms with E-state index in [0.717, 1.165) is 19.1 Å². The van der Waals surface area contributed by atoms with E-state index in [0.29, 0.717) is 6.54 Å². The average molecular weight is 292 g/mol. The molecule has 110 valence electrons. The van der Waals surface area contributed by atoms with Gasteiger partial charge in [0.25, 0.3) is 0 Å². The fourth-order valence-electron chi connectivity index (χ4n) is 1.48. The third-order valence-corrected chi connectivity index (χ3v) is 4.14. The molecule has 0 aromatic rings. The lowest BCUT2D eigenvalue weighted by Crippen LogP contribution is -2.47. The fourth-order valence-corrected chi connectivity index (χ4v) is 2.15. The molecule has 0 radical (unpaired) electrons. The van der Waals surface area contributed by atoms with Crippen molar-refractivity contribution in [2.45, 2.75) is 32.2 Å². The molecule has 1 atom stereocenters. The molecule has 1 saturated carbocycles. The highest BCUT2D eigenvalue weighted by molar-refractivity contribution is 7.90. The minimum absolute atomic E-state index is 0.128. The van der Waals surface area contributed by atoms with Crippen LogP contribution in [-0.4, -0.2) is 50.1 Å². The Hall–Kier alpha value is -1.31. The maximum atomic E-state index is 11.5. The van der Waals surface area contributed by atoms with Crippen LogP contribution in [0, 0.1) is 5.41 Å². The summed E-state index contributed by atoms with van der Waals surface area (Å²) in [7, 11) is -3.25. The molecule has 2 amide bonds. The first-order chi connectivity index (χ1) is 8.61. The molecule has 0 aliphatic heterocycles. The summed E-state index contributed by atoms with van der Waals surface area (Å²) in [6.45, 7) is 2.53. The normalized spacial score (nSPS) is 18.4. The summed E-state index contributed by atoms with van der Waals surface area (Å²) in [5.74, 6) is -1.52. The fraction of sp³-hybridized carbons (Fsp3) is 0.818. The van der Waals surface area contributed by atoms with Crippen LogP contribution in [0.5, 0.6) is 0 Å². The SMILES string of the molecule is CC1(CNC(=O)NC(CCS(C)(=O)=O)C(=O)O)CC1. The maximum Gasteiger partial charge on any atom is 0.326 e. The lowest BCUT2D eigenvalue weighted by molar-refractivity contribution is -0.139. The van der Waals surface area contributed by atoms with Gasteiger partial charge in [-0.1, -0.05) is 6.92 Å². The molecule has 0 heterocycles. The van der Waals surface area contributed by atoms with Crippen molar-refractivity contribution >= 4 is 21.8 Å². The van der Waals surface area contributed by atoms with Crippen LogP contribution >= 0.6 is 0 Å². The Morgan fingerprint density at radius 3 is 2.37 bits per heavy atom. The number of carboxylic acid groups (broad SMARTS) is 1. The second-order valence-corrected chi connectivity index (χ2v) is 7.71. The summed E-state index contributed by atoms with van der Waals surface area (Å²) in [5, 5.41) is 13.8. The van der Waals surface area contributed by atoms with Gasteiger partial charge in [-0.05, 0) is 24.7 Å². The van der Waals surface area contributed by atoms with Crippen molar-refractivity contribution < 1.29 is 23.1 Å². The largest absolute Gasteiger partial charge is 0.480 e. The molecule has 0 spiro atoms. The smallest absolute Gasteiger partial charge is 0.326 e. The Kier molecular flexibility index (Phi) is 4.78. The summed E-state index contributed by atoms with van der Waals surface area (Å²) in [6, 6.07) is -1.77. The second kappa shape index (κ2) is 5.77. The second-order valence-electron chi connectivity index (χ2n) is 5.45. The van der Waals surface area contributed by atoms with Crippen molar-refractivity contribution in [3.05, 3.63) is 0 Å². The van der Waals surface area contributed by atoms with Crippen molar-refractivity contribution in [3.8, 4) is 0 Å². The van der Waals surface area contributed by atoms with Gasteiger partial charge in [0, 0.05) is 12.8 Å². The topological polar surface area (TPSA) is 113 Å². The number of carbonyl (C=O) groups excluding carboxylic acids is 1. The molecular formula is C11H20N2O5S. The molecule has 0 aromatic carbocycles. The molecule has 3 N–H and O–H groups in total. The van der Waals surface area contributed by atoms with Crippen molar-refractivity contribution in [1.82, 2.24) is 10.6 Å². The number of urea groups is 1. The van der Waals surface area contributed by atoms with Gasteiger partial charge in [-0.2, -0.15) is 0 Å². The number of hydrogen-bond donors (Lipinski definition) is 3. The van der Waals surface area contributed by atoms with E-state index in [-0.39, 0.29) is 17.6 Å². The molecule has 1 aliphatic rings. The van der Waals surface area contributed by atoms with E-state index in [2.05, 4.69) is 10.6 Å². The van der Waals surface area contributed by atoms with Crippen LogP contribution in [0.2, 0.25) is 0 Å². The Bertz CT molecular complexity index is 456. The first kappa shape index (κ1) is 15.7. The van der Waals surface area contributed by atoms with E-state index in [1.165, 1.54) is 0 Å². The van der Waals surface area contributed by atoms with Crippen LogP contribution in [0.3, 0.4) is 0 Å². The van der Waals surface area contributed by atoms with Gasteiger partial charge in [0.05, 0.1) is 5.75 Å². The summed E-state index contributed by atoms with van der Waals surface area (Å²) >= 11 is 0. The zero-order chi connectivity index (χ0) is 14.7. The minimum Gasteiger partial charge on any atom is -0.480 e. The number of aliphatic carboxylic acids is 1. The molecule has 1 rings (SSSR count). The number of rotatable bonds is 7. The van der Waals surface area contributed by atoms with Crippen LogP contribution < -0.4 is 10.6 Å². The van der Waals surface area contributed by atoms with Crippen molar-refractivity contribution in [3.63, 3.8) is 0 Å². The minimum atomic E-state index is -3.25. The van der Waals surface area contributed by atoms with E-state index in [1.54, 1.807) is 0 Å². The molecule has 19 heavy (non-hydrogen) atoms. The predicted molar refractivity (Wildman–Crippen MR) is 69.6 cm³/mol. The molecule has 7 nitrogen and oxygen atoms in total. The molecule has 0 aromatic heterocycles. The Morgan fingerprint density at radius 1 is 1.37 bits per heavy atom. The monoisotopic (exact) mass is 292 g/mol. The zero-order valence-electron chi connectivity index (χ0n) is 11.1. The number of nitrogens with one attached hydrogen (secondary N) is 2. The van der Waals surface area contributed by atoms with Crippen LogP contribution in [0.4, 0.5) is 4.79 Å². The van der Waals surface area contributed by atoms with E-state index >= 15 is 0 Å². The first-order valence-electron chi connectivity index (χ1n) is 6.06. The number of amides is 2. The molecule has 0 saturated heterocycles. The summed E-state index contributed by atoms with van der Waals surface area (Å²) in [4.78, 5) is 22.4. The van der Waals surface area contributed by atoms with Crippen LogP contribution in [0.15, 0.2) is 0 Å². The van der Waals surface area contributed by atoms with Gasteiger partial charge in [0.1, 0.15) is 15.9 Å². The van der Waals surface area contributed by atoms with Crippen LogP contribution in [0.1, 0.15) is 26.2 Å². The number of hydrogen-bond acceptors (Lipinski definition) is 4. The van der Waals surface area contributed by atoms with Crippen molar-refractivity contribution in [2.75, 3.05) is 18.6 Å². The van der Waals surface area contributed by atoms with E-state index < -0.39 is 27.9 Å². The number of sulfone groups is 1. The van der Waals surface area contributed by atoms with Gasteiger partial charge in [-0.25, -0.2) is 18.0 Å². The van der Waals surface area contributed by atoms with Gasteiger partial charge >= 0.3 is 12.0 Å². The summed E-state index contributed by atoms with van der Waals surface area (Å²) in [6.07, 6.45) is 2.98. The molecule has 1 aliphatic carbocycles. The average Bonchev–Trinajstić information content (AvgIpc) is 2.99. The zero-order valence-corrected chi connectivity index (χ0v) is 11.9. The lowest BCUT2D eigenvalue weighted by atomic mass is 10.1. The first-order valence-corrected chi connectivity index (χ1v) is 8.12. The number of carbonyl (C=O) groups is 2. The van der Waals surface area contributed by atoms with Crippen LogP contribution in [0.25, 0.3) is 0 Å². The molecule has 1 unspecified atom stereocenters. The highest BCUT2D eigenvalue weighted by Gasteiger charge is 2.37. The Balaban J connectivity index is 2.39. The highest BCUT2D eigenvalue weighted by Crippen LogP contribution is 2.43. The van der Waals surface area contributed by atoms with E-state index in [4.69, 9.17) is 5.11 Å². The lowest BCUT2D eigenvalue weighted by Gasteiger charge is -2.16. The molecule has 8 heteroatoms. The molecule has 1 fully saturated rings.